The lowest BCUT2D eigenvalue weighted by atomic mass is 9.86. The highest BCUT2D eigenvalue weighted by Gasteiger charge is 2.15. The smallest absolute Gasteiger partial charge is 0.0424 e. The summed E-state index contributed by atoms with van der Waals surface area (Å²) in [6, 6.07) is 0. The molecule has 1 aliphatic heterocycles. The van der Waals surface area contributed by atoms with Crippen LogP contribution < -0.4 is 0 Å². The minimum atomic E-state index is 0.282. The van der Waals surface area contributed by atoms with Crippen LogP contribution in [0.25, 0.3) is 0 Å². The topological polar surface area (TPSA) is 12.4 Å². The van der Waals surface area contributed by atoms with Crippen molar-refractivity contribution in [1.29, 1.82) is 0 Å². The van der Waals surface area contributed by atoms with Gasteiger partial charge in [-0.3, -0.25) is 4.99 Å². The van der Waals surface area contributed by atoms with E-state index in [9.17, 15) is 0 Å². The van der Waals surface area contributed by atoms with Crippen LogP contribution in [0, 0.1) is 5.41 Å². The molecule has 0 fully saturated rings. The number of nitrogens with zero attached hydrogens (tertiary/aromatic N) is 1. The maximum atomic E-state index is 4.23. The molecule has 1 aliphatic rings. The molecule has 10 heavy (non-hydrogen) atoms. The number of allylic oxidation sites excluding steroid dienone is 1. The van der Waals surface area contributed by atoms with E-state index >= 15 is 0 Å². The number of hydrogen-bond donors (Lipinski definition) is 0. The Kier molecular flexibility index (Phi) is 1.93. The van der Waals surface area contributed by atoms with Gasteiger partial charge in [-0.1, -0.05) is 26.8 Å². The second kappa shape index (κ2) is 2.57. The van der Waals surface area contributed by atoms with Gasteiger partial charge in [0.2, 0.25) is 0 Å². The molecule has 0 saturated carbocycles. The average molecular weight is 137 g/mol. The van der Waals surface area contributed by atoms with E-state index < -0.39 is 0 Å². The van der Waals surface area contributed by atoms with E-state index in [2.05, 4.69) is 31.8 Å². The maximum Gasteiger partial charge on any atom is 0.0424 e. The summed E-state index contributed by atoms with van der Waals surface area (Å²) in [6.45, 7) is 7.63. The first-order valence-electron chi connectivity index (χ1n) is 3.81. The fourth-order valence-electron chi connectivity index (χ4n) is 1.01. The largest absolute Gasteiger partial charge is 0.293 e. The summed E-state index contributed by atoms with van der Waals surface area (Å²) in [7, 11) is 0. The van der Waals surface area contributed by atoms with Crippen molar-refractivity contribution >= 4 is 6.21 Å². The predicted molar refractivity (Wildman–Crippen MR) is 45.5 cm³/mol. The van der Waals surface area contributed by atoms with Gasteiger partial charge >= 0.3 is 0 Å². The Bertz CT molecular complexity index is 170. The molecular formula is C9H15N. The summed E-state index contributed by atoms with van der Waals surface area (Å²) in [6.07, 6.45) is 5.40. The minimum Gasteiger partial charge on any atom is -0.293 e. The van der Waals surface area contributed by atoms with E-state index in [4.69, 9.17) is 0 Å². The predicted octanol–water partition coefficient (Wildman–Crippen LogP) is 2.43. The van der Waals surface area contributed by atoms with Crippen LogP contribution in [0.5, 0.6) is 0 Å². The molecule has 0 aromatic rings. The highest BCUT2D eigenvalue weighted by molar-refractivity contribution is 5.80. The van der Waals surface area contributed by atoms with Crippen molar-refractivity contribution in [2.75, 3.05) is 6.54 Å². The Morgan fingerprint density at radius 2 is 2.10 bits per heavy atom. The molecule has 0 aliphatic carbocycles. The average Bonchev–Trinajstić information content (AvgIpc) is 1.88. The second-order valence-corrected chi connectivity index (χ2v) is 3.73. The van der Waals surface area contributed by atoms with Crippen molar-refractivity contribution in [2.24, 2.45) is 10.4 Å². The molecule has 0 N–H and O–H groups in total. The summed E-state index contributed by atoms with van der Waals surface area (Å²) in [4.78, 5) is 4.23. The standard InChI is InChI=1S/C9H15N/c1-9(2,3)8-5-4-6-10-7-8/h5,7H,4,6H2,1-3H3. The monoisotopic (exact) mass is 137 g/mol. The van der Waals surface area contributed by atoms with E-state index in [1.807, 2.05) is 6.21 Å². The van der Waals surface area contributed by atoms with Gasteiger partial charge in [-0.05, 0) is 17.4 Å². The van der Waals surface area contributed by atoms with Crippen LogP contribution in [-0.2, 0) is 0 Å². The van der Waals surface area contributed by atoms with Gasteiger partial charge in [0.25, 0.3) is 0 Å². The molecule has 0 amide bonds. The zero-order valence-corrected chi connectivity index (χ0v) is 7.02. The van der Waals surface area contributed by atoms with Crippen molar-refractivity contribution < 1.29 is 0 Å². The van der Waals surface area contributed by atoms with Crippen LogP contribution in [0.15, 0.2) is 16.6 Å². The van der Waals surface area contributed by atoms with Crippen LogP contribution in [0.4, 0.5) is 0 Å². The van der Waals surface area contributed by atoms with Crippen molar-refractivity contribution in [1.82, 2.24) is 0 Å². The third kappa shape index (κ3) is 1.69. The fourth-order valence-corrected chi connectivity index (χ4v) is 1.01. The molecule has 56 valence electrons. The molecule has 0 atom stereocenters. The van der Waals surface area contributed by atoms with Gasteiger partial charge in [0.15, 0.2) is 0 Å². The van der Waals surface area contributed by atoms with E-state index in [-0.39, 0.29) is 5.41 Å². The Labute approximate surface area is 62.9 Å². The molecule has 1 rings (SSSR count). The minimum absolute atomic E-state index is 0.282. The summed E-state index contributed by atoms with van der Waals surface area (Å²) in [5.74, 6) is 0. The van der Waals surface area contributed by atoms with Crippen LogP contribution in [0.2, 0.25) is 0 Å². The highest BCUT2D eigenvalue weighted by atomic mass is 14.7. The summed E-state index contributed by atoms with van der Waals surface area (Å²) in [5.41, 5.74) is 1.66. The van der Waals surface area contributed by atoms with Crippen molar-refractivity contribution in [3.8, 4) is 0 Å². The first-order valence-corrected chi connectivity index (χ1v) is 3.81. The normalized spacial score (nSPS) is 18.9. The maximum absolute atomic E-state index is 4.23. The first kappa shape index (κ1) is 7.52. The number of dihydropyridines is 1. The van der Waals surface area contributed by atoms with Gasteiger partial charge in [-0.15, -0.1) is 0 Å². The zero-order chi connectivity index (χ0) is 7.61. The molecule has 1 nitrogen and oxygen atoms in total. The van der Waals surface area contributed by atoms with Crippen molar-refractivity contribution in [3.63, 3.8) is 0 Å². The van der Waals surface area contributed by atoms with Crippen LogP contribution >= 0.6 is 0 Å². The molecule has 0 spiro atoms. The van der Waals surface area contributed by atoms with Gasteiger partial charge in [0.05, 0.1) is 0 Å². The molecule has 0 aromatic heterocycles. The highest BCUT2D eigenvalue weighted by Crippen LogP contribution is 2.25. The lowest BCUT2D eigenvalue weighted by Gasteiger charge is -2.21. The van der Waals surface area contributed by atoms with Crippen molar-refractivity contribution in [2.45, 2.75) is 27.2 Å². The van der Waals surface area contributed by atoms with Crippen LogP contribution in [-0.4, -0.2) is 12.8 Å². The quantitative estimate of drug-likeness (QED) is 0.486. The molecule has 0 unspecified atom stereocenters. The van der Waals surface area contributed by atoms with Gasteiger partial charge in [0.1, 0.15) is 0 Å². The third-order valence-corrected chi connectivity index (χ3v) is 1.72. The SMILES string of the molecule is CC(C)(C)C1=CCCN=C1. The van der Waals surface area contributed by atoms with Gasteiger partial charge in [-0.25, -0.2) is 0 Å². The second-order valence-electron chi connectivity index (χ2n) is 3.73. The lowest BCUT2D eigenvalue weighted by Crippen LogP contribution is -2.12. The van der Waals surface area contributed by atoms with Gasteiger partial charge in [0, 0.05) is 12.8 Å². The van der Waals surface area contributed by atoms with Gasteiger partial charge in [-0.2, -0.15) is 0 Å². The van der Waals surface area contributed by atoms with E-state index in [1.54, 1.807) is 0 Å². The van der Waals surface area contributed by atoms with E-state index in [0.29, 0.717) is 0 Å². The van der Waals surface area contributed by atoms with Crippen molar-refractivity contribution in [3.05, 3.63) is 11.6 Å². The lowest BCUT2D eigenvalue weighted by molar-refractivity contribution is 0.522. The Balaban J connectivity index is 2.73. The summed E-state index contributed by atoms with van der Waals surface area (Å²) >= 11 is 0. The number of hydrogen-bond acceptors (Lipinski definition) is 1. The summed E-state index contributed by atoms with van der Waals surface area (Å²) in [5, 5.41) is 0. The molecule has 1 heteroatoms. The third-order valence-electron chi connectivity index (χ3n) is 1.72. The summed E-state index contributed by atoms with van der Waals surface area (Å²) < 4.78 is 0. The molecule has 1 heterocycles. The molecule has 0 radical (unpaired) electrons. The Morgan fingerprint density at radius 1 is 1.40 bits per heavy atom. The Morgan fingerprint density at radius 3 is 2.40 bits per heavy atom. The first-order chi connectivity index (χ1) is 4.61. The Hall–Kier alpha value is -0.590. The number of aliphatic imine (C=N–C) groups is 1. The molecule has 0 aromatic carbocycles. The fraction of sp³-hybridized carbons (Fsp3) is 0.667. The molecular weight excluding hydrogens is 122 g/mol. The number of rotatable bonds is 0. The van der Waals surface area contributed by atoms with Gasteiger partial charge < -0.3 is 0 Å². The molecule has 0 bridgehead atoms. The zero-order valence-electron chi connectivity index (χ0n) is 7.02. The van der Waals surface area contributed by atoms with Crippen LogP contribution in [0.3, 0.4) is 0 Å². The van der Waals surface area contributed by atoms with Crippen LogP contribution in [0.1, 0.15) is 27.2 Å². The van der Waals surface area contributed by atoms with E-state index in [0.717, 1.165) is 13.0 Å². The molecule has 0 saturated heterocycles. The van der Waals surface area contributed by atoms with E-state index in [1.165, 1.54) is 5.57 Å².